The summed E-state index contributed by atoms with van der Waals surface area (Å²) in [6.45, 7) is 2.34. The maximum Gasteiger partial charge on any atom is 0.226 e. The molecule has 0 saturated carbocycles. The van der Waals surface area contributed by atoms with Crippen molar-refractivity contribution in [3.63, 3.8) is 0 Å². The van der Waals surface area contributed by atoms with Gasteiger partial charge in [0.25, 0.3) is 0 Å². The van der Waals surface area contributed by atoms with E-state index in [4.69, 9.17) is 0 Å². The number of amides is 1. The lowest BCUT2D eigenvalue weighted by Crippen LogP contribution is -2.16. The molecule has 116 valence electrons. The van der Waals surface area contributed by atoms with E-state index in [1.807, 2.05) is 49.4 Å². The van der Waals surface area contributed by atoms with Gasteiger partial charge in [0.15, 0.2) is 0 Å². The van der Waals surface area contributed by atoms with Crippen molar-refractivity contribution < 1.29 is 4.79 Å². The van der Waals surface area contributed by atoms with Crippen LogP contribution in [-0.2, 0) is 11.3 Å². The Morgan fingerprint density at radius 2 is 2.00 bits per heavy atom. The van der Waals surface area contributed by atoms with E-state index in [0.717, 1.165) is 11.3 Å². The lowest BCUT2D eigenvalue weighted by atomic mass is 10.2. The quantitative estimate of drug-likeness (QED) is 0.780. The monoisotopic (exact) mass is 308 g/mol. The van der Waals surface area contributed by atoms with Gasteiger partial charge < -0.3 is 5.32 Å². The van der Waals surface area contributed by atoms with Crippen molar-refractivity contribution in [2.75, 3.05) is 5.32 Å². The first-order valence-electron chi connectivity index (χ1n) is 7.27. The molecule has 0 saturated heterocycles. The standard InChI is InChI=1S/C16H16N6O/c1-12-6-2-3-7-13(12)18-15(23)9-11-22-16(19-20-21-22)14-8-4-5-10-17-14/h2-8,10H,9,11H2,1H3,(H,18,23). The Morgan fingerprint density at radius 1 is 1.17 bits per heavy atom. The molecule has 1 N–H and O–H groups in total. The van der Waals surface area contributed by atoms with Crippen LogP contribution in [0.15, 0.2) is 48.7 Å². The van der Waals surface area contributed by atoms with Crippen LogP contribution in [0.1, 0.15) is 12.0 Å². The molecule has 1 aromatic carbocycles. The Morgan fingerprint density at radius 3 is 2.78 bits per heavy atom. The van der Waals surface area contributed by atoms with Gasteiger partial charge in [-0.15, -0.1) is 5.10 Å². The predicted molar refractivity (Wildman–Crippen MR) is 85.5 cm³/mol. The van der Waals surface area contributed by atoms with Gasteiger partial charge in [0, 0.05) is 18.3 Å². The molecular formula is C16H16N6O. The number of hydrogen-bond acceptors (Lipinski definition) is 5. The van der Waals surface area contributed by atoms with Crippen LogP contribution < -0.4 is 5.32 Å². The van der Waals surface area contributed by atoms with Crippen LogP contribution in [0.2, 0.25) is 0 Å². The second-order valence-electron chi connectivity index (χ2n) is 5.05. The van der Waals surface area contributed by atoms with E-state index in [-0.39, 0.29) is 12.3 Å². The average molecular weight is 308 g/mol. The number of carbonyl (C=O) groups is 1. The molecule has 0 aliphatic carbocycles. The van der Waals surface area contributed by atoms with Crippen LogP contribution in [0.3, 0.4) is 0 Å². The highest BCUT2D eigenvalue weighted by Gasteiger charge is 2.11. The van der Waals surface area contributed by atoms with Crippen molar-refractivity contribution in [2.24, 2.45) is 0 Å². The Balaban J connectivity index is 1.64. The van der Waals surface area contributed by atoms with Gasteiger partial charge in [0.2, 0.25) is 11.7 Å². The fraction of sp³-hybridized carbons (Fsp3) is 0.188. The van der Waals surface area contributed by atoms with Crippen molar-refractivity contribution in [3.05, 3.63) is 54.2 Å². The molecule has 0 aliphatic heterocycles. The van der Waals surface area contributed by atoms with Crippen molar-refractivity contribution >= 4 is 11.6 Å². The normalized spacial score (nSPS) is 10.5. The summed E-state index contributed by atoms with van der Waals surface area (Å²) < 4.78 is 1.58. The lowest BCUT2D eigenvalue weighted by molar-refractivity contribution is -0.116. The third kappa shape index (κ3) is 3.57. The van der Waals surface area contributed by atoms with Gasteiger partial charge in [-0.05, 0) is 41.1 Å². The molecule has 0 radical (unpaired) electrons. The maximum atomic E-state index is 12.1. The summed E-state index contributed by atoms with van der Waals surface area (Å²) in [6.07, 6.45) is 1.96. The number of hydrogen-bond donors (Lipinski definition) is 1. The van der Waals surface area contributed by atoms with Crippen LogP contribution in [-0.4, -0.2) is 31.1 Å². The number of para-hydroxylation sites is 1. The van der Waals surface area contributed by atoms with Crippen LogP contribution >= 0.6 is 0 Å². The first-order valence-corrected chi connectivity index (χ1v) is 7.27. The largest absolute Gasteiger partial charge is 0.326 e. The van der Waals surface area contributed by atoms with Crippen molar-refractivity contribution in [1.82, 2.24) is 25.2 Å². The second-order valence-corrected chi connectivity index (χ2v) is 5.05. The molecule has 1 amide bonds. The van der Waals surface area contributed by atoms with E-state index in [2.05, 4.69) is 25.8 Å². The van der Waals surface area contributed by atoms with Gasteiger partial charge in [-0.2, -0.15) is 0 Å². The zero-order chi connectivity index (χ0) is 16.1. The minimum absolute atomic E-state index is 0.0817. The highest BCUT2D eigenvalue weighted by atomic mass is 16.1. The van der Waals surface area contributed by atoms with E-state index in [1.54, 1.807) is 10.9 Å². The van der Waals surface area contributed by atoms with E-state index < -0.39 is 0 Å². The number of pyridine rings is 1. The number of aromatic nitrogens is 5. The van der Waals surface area contributed by atoms with Gasteiger partial charge in [-0.3, -0.25) is 9.78 Å². The minimum atomic E-state index is -0.0817. The van der Waals surface area contributed by atoms with Gasteiger partial charge in [-0.25, -0.2) is 4.68 Å². The fourth-order valence-electron chi connectivity index (χ4n) is 2.17. The van der Waals surface area contributed by atoms with Crippen LogP contribution in [0, 0.1) is 6.92 Å². The smallest absolute Gasteiger partial charge is 0.226 e. The number of carbonyl (C=O) groups excluding carboxylic acids is 1. The second kappa shape index (κ2) is 6.78. The fourth-order valence-corrected chi connectivity index (χ4v) is 2.17. The third-order valence-electron chi connectivity index (χ3n) is 3.40. The molecule has 0 aliphatic rings. The summed E-state index contributed by atoms with van der Waals surface area (Å²) in [5, 5.41) is 14.5. The Hall–Kier alpha value is -3.09. The zero-order valence-electron chi connectivity index (χ0n) is 12.7. The van der Waals surface area contributed by atoms with E-state index in [9.17, 15) is 4.79 Å². The molecule has 0 fully saturated rings. The number of nitrogens with one attached hydrogen (secondary N) is 1. The van der Waals surface area contributed by atoms with E-state index >= 15 is 0 Å². The molecular weight excluding hydrogens is 292 g/mol. The van der Waals surface area contributed by atoms with E-state index in [1.165, 1.54) is 0 Å². The van der Waals surface area contributed by atoms with Gasteiger partial charge in [-0.1, -0.05) is 24.3 Å². The summed E-state index contributed by atoms with van der Waals surface area (Å²) in [7, 11) is 0. The molecule has 23 heavy (non-hydrogen) atoms. The highest BCUT2D eigenvalue weighted by molar-refractivity contribution is 5.91. The molecule has 0 atom stereocenters. The molecule has 7 nitrogen and oxygen atoms in total. The number of benzene rings is 1. The first kappa shape index (κ1) is 14.8. The zero-order valence-corrected chi connectivity index (χ0v) is 12.7. The molecule has 0 spiro atoms. The number of rotatable bonds is 5. The van der Waals surface area contributed by atoms with Crippen LogP contribution in [0.5, 0.6) is 0 Å². The molecule has 0 bridgehead atoms. The molecule has 7 heteroatoms. The molecule has 2 aromatic heterocycles. The summed E-state index contributed by atoms with van der Waals surface area (Å²) >= 11 is 0. The Labute approximate surface area is 133 Å². The van der Waals surface area contributed by atoms with Gasteiger partial charge in [0.1, 0.15) is 5.69 Å². The number of anilines is 1. The molecule has 3 rings (SSSR count). The average Bonchev–Trinajstić information content (AvgIpc) is 3.04. The van der Waals surface area contributed by atoms with Gasteiger partial charge >= 0.3 is 0 Å². The van der Waals surface area contributed by atoms with E-state index in [0.29, 0.717) is 18.1 Å². The third-order valence-corrected chi connectivity index (χ3v) is 3.40. The SMILES string of the molecule is Cc1ccccc1NC(=O)CCn1nnnc1-c1ccccn1. The van der Waals surface area contributed by atoms with Crippen molar-refractivity contribution in [1.29, 1.82) is 0 Å². The summed E-state index contributed by atoms with van der Waals surface area (Å²) in [5.41, 5.74) is 2.52. The van der Waals surface area contributed by atoms with Gasteiger partial charge in [0.05, 0.1) is 6.54 Å². The predicted octanol–water partition coefficient (Wildman–Crippen LogP) is 2.07. The topological polar surface area (TPSA) is 85.6 Å². The molecule has 0 unspecified atom stereocenters. The van der Waals surface area contributed by atoms with Crippen LogP contribution in [0.4, 0.5) is 5.69 Å². The Kier molecular flexibility index (Phi) is 4.37. The van der Waals surface area contributed by atoms with Crippen LogP contribution in [0.25, 0.3) is 11.5 Å². The first-order chi connectivity index (χ1) is 11.2. The number of tetrazole rings is 1. The number of nitrogens with zero attached hydrogens (tertiary/aromatic N) is 5. The Bertz CT molecular complexity index is 799. The summed E-state index contributed by atoms with van der Waals surface area (Å²) in [4.78, 5) is 16.3. The van der Waals surface area contributed by atoms with Crippen molar-refractivity contribution in [2.45, 2.75) is 19.9 Å². The number of aryl methyl sites for hydroxylation is 2. The maximum absolute atomic E-state index is 12.1. The summed E-state index contributed by atoms with van der Waals surface area (Å²) in [5.74, 6) is 0.469. The summed E-state index contributed by atoms with van der Waals surface area (Å²) in [6, 6.07) is 13.2. The minimum Gasteiger partial charge on any atom is -0.326 e. The highest BCUT2D eigenvalue weighted by Crippen LogP contribution is 2.14. The molecule has 2 heterocycles. The lowest BCUT2D eigenvalue weighted by Gasteiger charge is -2.08. The van der Waals surface area contributed by atoms with Crippen molar-refractivity contribution in [3.8, 4) is 11.5 Å². The molecule has 3 aromatic rings.